The molecule has 5 heteroatoms. The molecule has 5 nitrogen and oxygen atoms in total. The van der Waals surface area contributed by atoms with Gasteiger partial charge >= 0.3 is 0 Å². The third-order valence-electron chi connectivity index (χ3n) is 6.38. The molecule has 152 valence electrons. The first-order valence-electron chi connectivity index (χ1n) is 10.6. The molecule has 1 aliphatic carbocycles. The lowest BCUT2D eigenvalue weighted by Crippen LogP contribution is -2.44. The number of benzene rings is 1. The number of carbonyl (C=O) groups excluding carboxylic acids is 2. The summed E-state index contributed by atoms with van der Waals surface area (Å²) >= 11 is 0. The molecule has 1 aliphatic heterocycles. The molecule has 1 aromatic heterocycles. The van der Waals surface area contributed by atoms with Crippen LogP contribution in [-0.2, 0) is 10.2 Å². The van der Waals surface area contributed by atoms with Gasteiger partial charge in [0.2, 0.25) is 5.91 Å². The normalized spacial score (nSPS) is 20.0. The van der Waals surface area contributed by atoms with E-state index in [0.29, 0.717) is 12.1 Å². The molecule has 1 fully saturated rings. The van der Waals surface area contributed by atoms with Gasteiger partial charge in [0.25, 0.3) is 5.91 Å². The molecule has 0 saturated carbocycles. The zero-order valence-corrected chi connectivity index (χ0v) is 17.2. The second kappa shape index (κ2) is 7.97. The van der Waals surface area contributed by atoms with Crippen molar-refractivity contribution in [1.29, 1.82) is 0 Å². The van der Waals surface area contributed by atoms with Crippen LogP contribution >= 0.6 is 0 Å². The molecule has 2 heterocycles. The number of nitrogens with one attached hydrogen (secondary N) is 1. The Balaban J connectivity index is 1.49. The lowest BCUT2D eigenvalue weighted by Gasteiger charge is -2.40. The van der Waals surface area contributed by atoms with Crippen LogP contribution < -0.4 is 5.32 Å². The van der Waals surface area contributed by atoms with Crippen molar-refractivity contribution in [2.75, 3.05) is 13.1 Å². The highest BCUT2D eigenvalue weighted by Crippen LogP contribution is 2.52. The summed E-state index contributed by atoms with van der Waals surface area (Å²) in [5.74, 6) is 0.391. The summed E-state index contributed by atoms with van der Waals surface area (Å²) < 4.78 is 0. The van der Waals surface area contributed by atoms with Gasteiger partial charge in [-0.05, 0) is 67.7 Å². The molecular formula is C24H29N3O2. The van der Waals surface area contributed by atoms with Crippen molar-refractivity contribution in [3.63, 3.8) is 0 Å². The Morgan fingerprint density at radius 2 is 1.86 bits per heavy atom. The van der Waals surface area contributed by atoms with Crippen LogP contribution in [0.1, 0.15) is 67.1 Å². The molecule has 0 radical (unpaired) electrons. The lowest BCUT2D eigenvalue weighted by molar-refractivity contribution is -0.122. The smallest absolute Gasteiger partial charge is 0.272 e. The van der Waals surface area contributed by atoms with E-state index in [1.54, 1.807) is 12.3 Å². The van der Waals surface area contributed by atoms with Crippen LogP contribution in [0.3, 0.4) is 0 Å². The van der Waals surface area contributed by atoms with Crippen molar-refractivity contribution in [3.8, 4) is 0 Å². The van der Waals surface area contributed by atoms with Crippen LogP contribution in [0.25, 0.3) is 0 Å². The zero-order valence-electron chi connectivity index (χ0n) is 17.2. The number of likely N-dealkylation sites (tertiary alicyclic amines) is 1. The highest BCUT2D eigenvalue weighted by molar-refractivity contribution is 5.92. The number of hydrogen-bond acceptors (Lipinski definition) is 3. The van der Waals surface area contributed by atoms with E-state index in [-0.39, 0.29) is 29.2 Å². The van der Waals surface area contributed by atoms with Gasteiger partial charge in [-0.15, -0.1) is 0 Å². The van der Waals surface area contributed by atoms with Gasteiger partial charge in [-0.25, -0.2) is 0 Å². The highest BCUT2D eigenvalue weighted by Gasteiger charge is 2.46. The highest BCUT2D eigenvalue weighted by atomic mass is 16.2. The molecular weight excluding hydrogens is 362 g/mol. The average Bonchev–Trinajstić information content (AvgIpc) is 3.01. The number of rotatable bonds is 4. The van der Waals surface area contributed by atoms with E-state index < -0.39 is 0 Å². The topological polar surface area (TPSA) is 62.3 Å². The van der Waals surface area contributed by atoms with Gasteiger partial charge in [0, 0.05) is 31.7 Å². The van der Waals surface area contributed by atoms with Crippen molar-refractivity contribution >= 4 is 11.8 Å². The van der Waals surface area contributed by atoms with E-state index in [4.69, 9.17) is 0 Å². The van der Waals surface area contributed by atoms with Gasteiger partial charge in [-0.3, -0.25) is 14.6 Å². The fraction of sp³-hybridized carbons (Fsp3) is 0.458. The lowest BCUT2D eigenvalue weighted by atomic mass is 9.73. The minimum atomic E-state index is 0.0135. The van der Waals surface area contributed by atoms with E-state index >= 15 is 0 Å². The summed E-state index contributed by atoms with van der Waals surface area (Å²) in [6.07, 6.45) is 5.06. The number of carbonyl (C=O) groups is 2. The molecule has 2 amide bonds. The summed E-state index contributed by atoms with van der Waals surface area (Å²) in [6.45, 7) is 5.45. The van der Waals surface area contributed by atoms with Gasteiger partial charge in [-0.2, -0.15) is 0 Å². The minimum Gasteiger partial charge on any atom is -0.354 e. The number of amides is 2. The maximum absolute atomic E-state index is 12.8. The fourth-order valence-corrected chi connectivity index (χ4v) is 5.08. The van der Waals surface area contributed by atoms with Crippen LogP contribution in [0.5, 0.6) is 0 Å². The van der Waals surface area contributed by atoms with Crippen molar-refractivity contribution in [1.82, 2.24) is 15.2 Å². The first-order chi connectivity index (χ1) is 14.0. The summed E-state index contributed by atoms with van der Waals surface area (Å²) in [5.41, 5.74) is 3.28. The fourth-order valence-electron chi connectivity index (χ4n) is 5.08. The molecule has 1 saturated heterocycles. The number of nitrogens with zero attached hydrogens (tertiary/aromatic N) is 2. The molecule has 2 aliphatic rings. The Bertz CT molecular complexity index is 886. The van der Waals surface area contributed by atoms with E-state index in [0.717, 1.165) is 32.4 Å². The molecule has 0 unspecified atom stereocenters. The van der Waals surface area contributed by atoms with Crippen molar-refractivity contribution < 1.29 is 9.59 Å². The molecule has 4 rings (SSSR count). The maximum atomic E-state index is 12.8. The second-order valence-electron chi connectivity index (χ2n) is 8.70. The standard InChI is InChI=1S/C24H29N3O2/c1-17(2)26-22(28)15-18-16-24(20-8-4-3-7-19(18)20)10-13-27(14-11-24)23(29)21-9-5-6-12-25-21/h3-9,12,17-18H,10-11,13-16H2,1-2H3,(H,26,28)/t18-/m1/s1. The first-order valence-corrected chi connectivity index (χ1v) is 10.6. The molecule has 1 spiro atoms. The number of hydrogen-bond donors (Lipinski definition) is 1. The molecule has 1 N–H and O–H groups in total. The monoisotopic (exact) mass is 391 g/mol. The Morgan fingerprint density at radius 1 is 1.14 bits per heavy atom. The summed E-state index contributed by atoms with van der Waals surface area (Å²) in [4.78, 5) is 31.3. The number of aromatic nitrogens is 1. The third-order valence-corrected chi connectivity index (χ3v) is 6.38. The largest absolute Gasteiger partial charge is 0.354 e. The van der Waals surface area contributed by atoms with E-state index in [1.165, 1.54) is 11.1 Å². The van der Waals surface area contributed by atoms with Gasteiger partial charge in [0.05, 0.1) is 0 Å². The van der Waals surface area contributed by atoms with Crippen LogP contribution in [0.2, 0.25) is 0 Å². The van der Waals surface area contributed by atoms with Crippen molar-refractivity contribution in [2.45, 2.75) is 56.9 Å². The van der Waals surface area contributed by atoms with Gasteiger partial charge in [-0.1, -0.05) is 30.3 Å². The number of piperidine rings is 1. The van der Waals surface area contributed by atoms with Crippen molar-refractivity contribution in [3.05, 3.63) is 65.5 Å². The average molecular weight is 392 g/mol. The predicted octanol–water partition coefficient (Wildman–Crippen LogP) is 3.66. The summed E-state index contributed by atoms with van der Waals surface area (Å²) in [6, 6.07) is 14.2. The Hall–Kier alpha value is -2.69. The molecule has 0 bridgehead atoms. The van der Waals surface area contributed by atoms with Crippen LogP contribution in [0.4, 0.5) is 0 Å². The maximum Gasteiger partial charge on any atom is 0.272 e. The quantitative estimate of drug-likeness (QED) is 0.865. The van der Waals surface area contributed by atoms with Gasteiger partial charge in [0.1, 0.15) is 5.69 Å². The van der Waals surface area contributed by atoms with Crippen LogP contribution in [0, 0.1) is 0 Å². The predicted molar refractivity (Wildman–Crippen MR) is 113 cm³/mol. The Kier molecular flexibility index (Phi) is 5.39. The second-order valence-corrected chi connectivity index (χ2v) is 8.70. The molecule has 1 atom stereocenters. The third kappa shape index (κ3) is 3.91. The minimum absolute atomic E-state index is 0.0135. The number of fused-ring (bicyclic) bond motifs is 2. The Labute approximate surface area is 172 Å². The Morgan fingerprint density at radius 3 is 2.55 bits per heavy atom. The molecule has 29 heavy (non-hydrogen) atoms. The summed E-state index contributed by atoms with van der Waals surface area (Å²) in [7, 11) is 0. The van der Waals surface area contributed by atoms with Crippen LogP contribution in [-0.4, -0.2) is 40.8 Å². The summed E-state index contributed by atoms with van der Waals surface area (Å²) in [5, 5.41) is 3.03. The zero-order chi connectivity index (χ0) is 20.4. The van der Waals surface area contributed by atoms with Crippen LogP contribution in [0.15, 0.2) is 48.7 Å². The van der Waals surface area contributed by atoms with Gasteiger partial charge < -0.3 is 10.2 Å². The van der Waals surface area contributed by atoms with E-state index in [2.05, 4.69) is 34.6 Å². The first kappa shape index (κ1) is 19.6. The van der Waals surface area contributed by atoms with E-state index in [9.17, 15) is 9.59 Å². The molecule has 1 aromatic carbocycles. The SMILES string of the molecule is CC(C)NC(=O)C[C@@H]1CC2(CCN(C(=O)c3ccccn3)CC2)c2ccccc21. The van der Waals surface area contributed by atoms with Crippen molar-refractivity contribution in [2.24, 2.45) is 0 Å². The number of pyridine rings is 1. The molecule has 2 aromatic rings. The van der Waals surface area contributed by atoms with Gasteiger partial charge in [0.15, 0.2) is 0 Å². The van der Waals surface area contributed by atoms with E-state index in [1.807, 2.05) is 30.9 Å².